The van der Waals surface area contributed by atoms with E-state index in [0.717, 1.165) is 29.7 Å². The summed E-state index contributed by atoms with van der Waals surface area (Å²) in [7, 11) is -3.70. The highest BCUT2D eigenvalue weighted by atomic mass is 32.2. The van der Waals surface area contributed by atoms with E-state index >= 15 is 0 Å². The van der Waals surface area contributed by atoms with Crippen molar-refractivity contribution in [1.29, 1.82) is 0 Å². The molecule has 1 aromatic carbocycles. The molecule has 1 aromatic heterocycles. The molecule has 1 fully saturated rings. The molecular formula is C21H27N3O4S2. The molecule has 3 N–H and O–H groups in total. The minimum Gasteiger partial charge on any atom is -0.365 e. The monoisotopic (exact) mass is 449 g/mol. The Kier molecular flexibility index (Phi) is 6.35. The summed E-state index contributed by atoms with van der Waals surface area (Å²) in [6.07, 6.45) is 2.66. The van der Waals surface area contributed by atoms with Gasteiger partial charge in [-0.15, -0.1) is 11.3 Å². The average molecular weight is 450 g/mol. The van der Waals surface area contributed by atoms with E-state index in [0.29, 0.717) is 17.1 Å². The van der Waals surface area contributed by atoms with Crippen LogP contribution in [0.5, 0.6) is 0 Å². The normalized spacial score (nSPS) is 17.7. The molecule has 1 aliphatic rings. The molecule has 3 rings (SSSR count). The van der Waals surface area contributed by atoms with Gasteiger partial charge in [0, 0.05) is 23.0 Å². The zero-order chi connectivity index (χ0) is 22.2. The first kappa shape index (κ1) is 22.5. The number of nitrogens with zero attached hydrogens (tertiary/aromatic N) is 1. The molecule has 2 heterocycles. The molecule has 0 spiro atoms. The molecule has 7 nitrogen and oxygen atoms in total. The summed E-state index contributed by atoms with van der Waals surface area (Å²) in [6, 6.07) is 4.52. The van der Waals surface area contributed by atoms with Gasteiger partial charge in [0.1, 0.15) is 5.00 Å². The second-order valence-electron chi connectivity index (χ2n) is 7.74. The lowest BCUT2D eigenvalue weighted by Crippen LogP contribution is -2.42. The fraction of sp³-hybridized carbons (Fsp3) is 0.429. The van der Waals surface area contributed by atoms with Gasteiger partial charge in [-0.05, 0) is 63.8 Å². The van der Waals surface area contributed by atoms with E-state index in [1.54, 1.807) is 19.9 Å². The van der Waals surface area contributed by atoms with Crippen molar-refractivity contribution in [3.05, 3.63) is 45.3 Å². The van der Waals surface area contributed by atoms with Crippen LogP contribution < -0.4 is 11.1 Å². The van der Waals surface area contributed by atoms with Gasteiger partial charge < -0.3 is 11.1 Å². The van der Waals surface area contributed by atoms with E-state index in [1.807, 2.05) is 13.8 Å². The Bertz CT molecular complexity index is 1110. The topological polar surface area (TPSA) is 110 Å². The maximum Gasteiger partial charge on any atom is 0.256 e. The number of primary amides is 1. The summed E-state index contributed by atoms with van der Waals surface area (Å²) in [5, 5.41) is 3.12. The largest absolute Gasteiger partial charge is 0.365 e. The number of piperidine rings is 1. The number of nitrogens with one attached hydrogen (secondary N) is 1. The molecular weight excluding hydrogens is 422 g/mol. The van der Waals surface area contributed by atoms with Crippen LogP contribution in [0.3, 0.4) is 0 Å². The van der Waals surface area contributed by atoms with Gasteiger partial charge in [0.05, 0.1) is 10.5 Å². The predicted molar refractivity (Wildman–Crippen MR) is 119 cm³/mol. The van der Waals surface area contributed by atoms with Gasteiger partial charge in [-0.2, -0.15) is 4.31 Å². The average Bonchev–Trinajstić information content (AvgIpc) is 2.95. The SMILES string of the molecule is Cc1ccc(S(=O)(=O)N2CCCCC2C)cc1C(=O)Nc1sc(C)c(C)c1C(N)=O. The van der Waals surface area contributed by atoms with Crippen molar-refractivity contribution in [3.63, 3.8) is 0 Å². The summed E-state index contributed by atoms with van der Waals surface area (Å²) in [5.41, 5.74) is 7.39. The van der Waals surface area contributed by atoms with Crippen LogP contribution in [-0.4, -0.2) is 37.1 Å². The summed E-state index contributed by atoms with van der Waals surface area (Å²) in [6.45, 7) is 7.76. The Morgan fingerprint density at radius 2 is 1.90 bits per heavy atom. The summed E-state index contributed by atoms with van der Waals surface area (Å²) in [5.74, 6) is -1.08. The molecule has 30 heavy (non-hydrogen) atoms. The number of carbonyl (C=O) groups excluding carboxylic acids is 2. The number of carbonyl (C=O) groups is 2. The number of amides is 2. The van der Waals surface area contributed by atoms with E-state index in [2.05, 4.69) is 5.32 Å². The minimum atomic E-state index is -3.70. The lowest BCUT2D eigenvalue weighted by molar-refractivity contribution is 0.100. The zero-order valence-electron chi connectivity index (χ0n) is 17.6. The Morgan fingerprint density at radius 1 is 1.20 bits per heavy atom. The third kappa shape index (κ3) is 4.14. The molecule has 0 saturated carbocycles. The Morgan fingerprint density at radius 3 is 2.53 bits per heavy atom. The van der Waals surface area contributed by atoms with Crippen molar-refractivity contribution in [2.75, 3.05) is 11.9 Å². The van der Waals surface area contributed by atoms with Crippen LogP contribution in [-0.2, 0) is 10.0 Å². The Hall–Kier alpha value is -2.23. The number of benzene rings is 1. The van der Waals surface area contributed by atoms with Crippen molar-refractivity contribution < 1.29 is 18.0 Å². The van der Waals surface area contributed by atoms with E-state index in [-0.39, 0.29) is 22.1 Å². The Balaban J connectivity index is 1.95. The van der Waals surface area contributed by atoms with Crippen molar-refractivity contribution in [1.82, 2.24) is 4.31 Å². The molecule has 0 bridgehead atoms. The smallest absolute Gasteiger partial charge is 0.256 e. The number of hydrogen-bond donors (Lipinski definition) is 2. The molecule has 2 aromatic rings. The molecule has 9 heteroatoms. The maximum atomic E-state index is 13.2. The van der Waals surface area contributed by atoms with Gasteiger partial charge in [-0.1, -0.05) is 12.5 Å². The van der Waals surface area contributed by atoms with E-state index in [4.69, 9.17) is 5.73 Å². The molecule has 1 atom stereocenters. The first-order valence-corrected chi connectivity index (χ1v) is 12.1. The third-order valence-electron chi connectivity index (χ3n) is 5.66. The number of nitrogens with two attached hydrogens (primary N) is 1. The van der Waals surface area contributed by atoms with Gasteiger partial charge in [0.25, 0.3) is 11.8 Å². The van der Waals surface area contributed by atoms with Gasteiger partial charge in [0.2, 0.25) is 10.0 Å². The lowest BCUT2D eigenvalue weighted by atomic mass is 10.1. The third-order valence-corrected chi connectivity index (χ3v) is 8.79. The van der Waals surface area contributed by atoms with Crippen LogP contribution >= 0.6 is 11.3 Å². The number of thiophene rings is 1. The van der Waals surface area contributed by atoms with Crippen LogP contribution in [0.25, 0.3) is 0 Å². The second kappa shape index (κ2) is 8.49. The lowest BCUT2D eigenvalue weighted by Gasteiger charge is -2.32. The summed E-state index contributed by atoms with van der Waals surface area (Å²) < 4.78 is 27.9. The number of anilines is 1. The van der Waals surface area contributed by atoms with Gasteiger partial charge in [-0.3, -0.25) is 9.59 Å². The number of aryl methyl sites for hydroxylation is 2. The number of hydrogen-bond acceptors (Lipinski definition) is 5. The summed E-state index contributed by atoms with van der Waals surface area (Å²) in [4.78, 5) is 25.8. The van der Waals surface area contributed by atoms with Crippen LogP contribution in [0.2, 0.25) is 0 Å². The first-order valence-electron chi connectivity index (χ1n) is 9.87. The van der Waals surface area contributed by atoms with Crippen molar-refractivity contribution in [2.45, 2.75) is 57.9 Å². The van der Waals surface area contributed by atoms with E-state index in [9.17, 15) is 18.0 Å². The highest BCUT2D eigenvalue weighted by molar-refractivity contribution is 7.89. The maximum absolute atomic E-state index is 13.2. The van der Waals surface area contributed by atoms with Gasteiger partial charge in [0.15, 0.2) is 0 Å². The number of rotatable bonds is 5. The van der Waals surface area contributed by atoms with Crippen LogP contribution in [0.4, 0.5) is 5.00 Å². The molecule has 1 saturated heterocycles. The zero-order valence-corrected chi connectivity index (χ0v) is 19.2. The minimum absolute atomic E-state index is 0.0717. The second-order valence-corrected chi connectivity index (χ2v) is 10.9. The standard InChI is InChI=1S/C21H27N3O4S2/c1-12-8-9-16(30(27,28)24-10-6-5-7-13(24)2)11-17(12)20(26)23-21-18(19(22)25)14(3)15(4)29-21/h8-9,11,13H,5-7,10H2,1-4H3,(H2,22,25)(H,23,26). The van der Waals surface area contributed by atoms with Crippen molar-refractivity contribution in [2.24, 2.45) is 5.73 Å². The van der Waals surface area contributed by atoms with E-state index in [1.165, 1.54) is 27.8 Å². The van der Waals surface area contributed by atoms with Crippen LogP contribution in [0.1, 0.15) is 62.9 Å². The summed E-state index contributed by atoms with van der Waals surface area (Å²) >= 11 is 1.27. The number of sulfonamides is 1. The predicted octanol–water partition coefficient (Wildman–Crippen LogP) is 3.59. The van der Waals surface area contributed by atoms with Gasteiger partial charge in [-0.25, -0.2) is 8.42 Å². The van der Waals surface area contributed by atoms with E-state index < -0.39 is 21.8 Å². The molecule has 162 valence electrons. The quantitative estimate of drug-likeness (QED) is 0.727. The van der Waals surface area contributed by atoms with Crippen LogP contribution in [0, 0.1) is 20.8 Å². The first-order chi connectivity index (χ1) is 14.0. The highest BCUT2D eigenvalue weighted by Gasteiger charge is 2.31. The molecule has 0 radical (unpaired) electrons. The fourth-order valence-electron chi connectivity index (χ4n) is 3.75. The molecule has 2 amide bonds. The fourth-order valence-corrected chi connectivity index (χ4v) is 6.54. The highest BCUT2D eigenvalue weighted by Crippen LogP contribution is 2.33. The van der Waals surface area contributed by atoms with Crippen molar-refractivity contribution in [3.8, 4) is 0 Å². The van der Waals surface area contributed by atoms with Crippen molar-refractivity contribution >= 4 is 38.2 Å². The molecule has 0 aliphatic carbocycles. The molecule has 1 unspecified atom stereocenters. The molecule has 1 aliphatic heterocycles. The van der Waals surface area contributed by atoms with Gasteiger partial charge >= 0.3 is 0 Å². The Labute approximate surface area is 181 Å². The van der Waals surface area contributed by atoms with Crippen LogP contribution in [0.15, 0.2) is 23.1 Å².